The van der Waals surface area contributed by atoms with Crippen LogP contribution in [-0.2, 0) is 9.47 Å². The quantitative estimate of drug-likeness (QED) is 0.685. The van der Waals surface area contributed by atoms with E-state index in [-0.39, 0.29) is 6.10 Å². The molecule has 0 bridgehead atoms. The first-order valence-electron chi connectivity index (χ1n) is 7.22. The van der Waals surface area contributed by atoms with Gasteiger partial charge in [-0.2, -0.15) is 0 Å². The molecule has 0 radical (unpaired) electrons. The molecular formula is C16H23NO4. The number of hydrogen-bond donors (Lipinski definition) is 1. The van der Waals surface area contributed by atoms with Gasteiger partial charge in [0.05, 0.1) is 18.8 Å². The van der Waals surface area contributed by atoms with E-state index in [4.69, 9.17) is 19.9 Å². The Bertz CT molecular complexity index is 501. The largest absolute Gasteiger partial charge is 0.490 e. The zero-order valence-corrected chi connectivity index (χ0v) is 12.8. The number of nitrogens with two attached hydrogens (primary N) is 1. The minimum atomic E-state index is -0.538. The molecule has 116 valence electrons. The van der Waals surface area contributed by atoms with Crippen LogP contribution < -0.4 is 10.5 Å². The Kier molecular flexibility index (Phi) is 4.73. The number of rotatable bonds is 3. The number of esters is 1. The van der Waals surface area contributed by atoms with Gasteiger partial charge in [0.1, 0.15) is 17.5 Å². The maximum absolute atomic E-state index is 12.1. The Morgan fingerprint density at radius 1 is 1.24 bits per heavy atom. The van der Waals surface area contributed by atoms with Gasteiger partial charge in [-0.1, -0.05) is 0 Å². The van der Waals surface area contributed by atoms with Crippen molar-refractivity contribution in [2.24, 2.45) is 0 Å². The van der Waals surface area contributed by atoms with E-state index in [1.54, 1.807) is 18.2 Å². The molecule has 1 fully saturated rings. The van der Waals surface area contributed by atoms with Crippen molar-refractivity contribution in [2.75, 3.05) is 18.9 Å². The average molecular weight is 293 g/mol. The van der Waals surface area contributed by atoms with Crippen LogP contribution in [-0.4, -0.2) is 30.9 Å². The van der Waals surface area contributed by atoms with E-state index in [2.05, 4.69) is 0 Å². The Hall–Kier alpha value is -1.75. The molecule has 2 rings (SSSR count). The fourth-order valence-electron chi connectivity index (χ4n) is 2.13. The second-order valence-corrected chi connectivity index (χ2v) is 6.22. The third-order valence-electron chi connectivity index (χ3n) is 3.03. The molecule has 1 aromatic rings. The van der Waals surface area contributed by atoms with Gasteiger partial charge in [-0.3, -0.25) is 0 Å². The predicted octanol–water partition coefficient (Wildman–Crippen LogP) is 2.78. The summed E-state index contributed by atoms with van der Waals surface area (Å²) in [5, 5.41) is 0. The van der Waals surface area contributed by atoms with Gasteiger partial charge in [0.25, 0.3) is 0 Å². The Balaban J connectivity index is 2.11. The maximum atomic E-state index is 12.1. The van der Waals surface area contributed by atoms with E-state index in [0.29, 0.717) is 30.2 Å². The second kappa shape index (κ2) is 6.35. The number of anilines is 1. The van der Waals surface area contributed by atoms with Crippen molar-refractivity contribution >= 4 is 11.7 Å². The number of nitrogen functional groups attached to an aromatic ring is 1. The Labute approximate surface area is 125 Å². The molecule has 1 aliphatic rings. The summed E-state index contributed by atoms with van der Waals surface area (Å²) in [6, 6.07) is 5.01. The maximum Gasteiger partial charge on any atom is 0.338 e. The fourth-order valence-corrected chi connectivity index (χ4v) is 2.13. The summed E-state index contributed by atoms with van der Waals surface area (Å²) < 4.78 is 16.5. The van der Waals surface area contributed by atoms with E-state index in [1.165, 1.54) is 0 Å². The van der Waals surface area contributed by atoms with Gasteiger partial charge in [-0.15, -0.1) is 0 Å². The molecule has 0 aromatic heterocycles. The first kappa shape index (κ1) is 15.6. The topological polar surface area (TPSA) is 70.8 Å². The van der Waals surface area contributed by atoms with E-state index in [1.807, 2.05) is 20.8 Å². The summed E-state index contributed by atoms with van der Waals surface area (Å²) in [6.45, 7) is 6.89. The zero-order chi connectivity index (χ0) is 15.5. The molecule has 0 spiro atoms. The van der Waals surface area contributed by atoms with Crippen molar-refractivity contribution in [2.45, 2.75) is 45.3 Å². The van der Waals surface area contributed by atoms with Crippen LogP contribution in [0.25, 0.3) is 0 Å². The first-order valence-corrected chi connectivity index (χ1v) is 7.22. The van der Waals surface area contributed by atoms with Gasteiger partial charge in [0.15, 0.2) is 0 Å². The van der Waals surface area contributed by atoms with Gasteiger partial charge in [-0.25, -0.2) is 4.79 Å². The summed E-state index contributed by atoms with van der Waals surface area (Å²) in [5.74, 6) is 0.203. The molecule has 0 aliphatic carbocycles. The SMILES string of the molecule is CC(C)(C)OC(=O)c1cc(N)cc(OC2CCOCC2)c1. The minimum absolute atomic E-state index is 0.104. The molecule has 1 aliphatic heterocycles. The molecule has 5 heteroatoms. The van der Waals surface area contributed by atoms with Crippen LogP contribution in [0.1, 0.15) is 44.0 Å². The van der Waals surface area contributed by atoms with E-state index in [0.717, 1.165) is 12.8 Å². The van der Waals surface area contributed by atoms with Crippen molar-refractivity contribution in [1.29, 1.82) is 0 Å². The van der Waals surface area contributed by atoms with Crippen LogP contribution in [0.2, 0.25) is 0 Å². The number of hydrogen-bond acceptors (Lipinski definition) is 5. The zero-order valence-electron chi connectivity index (χ0n) is 12.8. The van der Waals surface area contributed by atoms with Gasteiger partial charge >= 0.3 is 5.97 Å². The number of carbonyl (C=O) groups is 1. The lowest BCUT2D eigenvalue weighted by Crippen LogP contribution is -2.26. The molecule has 0 amide bonds. The summed E-state index contributed by atoms with van der Waals surface area (Å²) in [4.78, 5) is 12.1. The molecular weight excluding hydrogens is 270 g/mol. The molecule has 1 aromatic carbocycles. The van der Waals surface area contributed by atoms with Crippen molar-refractivity contribution < 1.29 is 19.0 Å². The van der Waals surface area contributed by atoms with Crippen molar-refractivity contribution in [3.8, 4) is 5.75 Å². The molecule has 0 atom stereocenters. The van der Waals surface area contributed by atoms with Crippen LogP contribution in [0.4, 0.5) is 5.69 Å². The fraction of sp³-hybridized carbons (Fsp3) is 0.562. The highest BCUT2D eigenvalue weighted by Crippen LogP contribution is 2.24. The van der Waals surface area contributed by atoms with Crippen molar-refractivity contribution in [3.05, 3.63) is 23.8 Å². The Morgan fingerprint density at radius 2 is 1.90 bits per heavy atom. The lowest BCUT2D eigenvalue weighted by molar-refractivity contribution is 0.00666. The smallest absolute Gasteiger partial charge is 0.338 e. The summed E-state index contributed by atoms with van der Waals surface area (Å²) in [7, 11) is 0. The highest BCUT2D eigenvalue weighted by Gasteiger charge is 2.20. The third-order valence-corrected chi connectivity index (χ3v) is 3.03. The third kappa shape index (κ3) is 4.93. The highest BCUT2D eigenvalue weighted by molar-refractivity contribution is 5.91. The van der Waals surface area contributed by atoms with Crippen LogP contribution >= 0.6 is 0 Å². The second-order valence-electron chi connectivity index (χ2n) is 6.22. The van der Waals surface area contributed by atoms with Crippen LogP contribution in [0.5, 0.6) is 5.75 Å². The van der Waals surface area contributed by atoms with Gasteiger partial charge in [0.2, 0.25) is 0 Å². The van der Waals surface area contributed by atoms with Gasteiger partial charge in [-0.05, 0) is 32.9 Å². The Morgan fingerprint density at radius 3 is 2.52 bits per heavy atom. The summed E-state index contributed by atoms with van der Waals surface area (Å²) >= 11 is 0. The van der Waals surface area contributed by atoms with Crippen LogP contribution in [0.3, 0.4) is 0 Å². The molecule has 1 heterocycles. The van der Waals surface area contributed by atoms with E-state index >= 15 is 0 Å². The average Bonchev–Trinajstić information content (AvgIpc) is 2.37. The molecule has 21 heavy (non-hydrogen) atoms. The number of ether oxygens (including phenoxy) is 3. The monoisotopic (exact) mass is 293 g/mol. The number of benzene rings is 1. The summed E-state index contributed by atoms with van der Waals surface area (Å²) in [6.07, 6.45) is 1.79. The van der Waals surface area contributed by atoms with Gasteiger partial charge < -0.3 is 19.9 Å². The molecule has 0 unspecified atom stereocenters. The first-order chi connectivity index (χ1) is 9.83. The highest BCUT2D eigenvalue weighted by atomic mass is 16.6. The molecule has 2 N–H and O–H groups in total. The van der Waals surface area contributed by atoms with Gasteiger partial charge in [0, 0.05) is 24.6 Å². The molecule has 0 saturated carbocycles. The standard InChI is InChI=1S/C16H23NO4/c1-16(2,3)21-15(18)11-8-12(17)10-14(9-11)20-13-4-6-19-7-5-13/h8-10,13H,4-7,17H2,1-3H3. The molecule has 1 saturated heterocycles. The number of carbonyl (C=O) groups excluding carboxylic acids is 1. The molecule has 5 nitrogen and oxygen atoms in total. The van der Waals surface area contributed by atoms with Crippen molar-refractivity contribution in [3.63, 3.8) is 0 Å². The van der Waals surface area contributed by atoms with Crippen molar-refractivity contribution in [1.82, 2.24) is 0 Å². The summed E-state index contributed by atoms with van der Waals surface area (Å²) in [5.41, 5.74) is 6.21. The lowest BCUT2D eigenvalue weighted by Gasteiger charge is -2.24. The lowest BCUT2D eigenvalue weighted by atomic mass is 10.1. The van der Waals surface area contributed by atoms with Crippen LogP contribution in [0, 0.1) is 0 Å². The predicted molar refractivity (Wildman–Crippen MR) is 80.5 cm³/mol. The van der Waals surface area contributed by atoms with E-state index in [9.17, 15) is 4.79 Å². The van der Waals surface area contributed by atoms with Crippen LogP contribution in [0.15, 0.2) is 18.2 Å². The normalized spacial score (nSPS) is 16.5. The minimum Gasteiger partial charge on any atom is -0.490 e. The van der Waals surface area contributed by atoms with E-state index < -0.39 is 11.6 Å².